The average Bonchev–Trinajstić information content (AvgIpc) is 3.61. The van der Waals surface area contributed by atoms with E-state index in [0.717, 1.165) is 82.0 Å². The molecule has 0 aliphatic carbocycles. The van der Waals surface area contributed by atoms with Crippen LogP contribution in [-0.2, 0) is 18.8 Å². The maximum atomic E-state index is 5.80. The van der Waals surface area contributed by atoms with Crippen LogP contribution in [0.3, 0.4) is 0 Å². The third kappa shape index (κ3) is 3.92. The van der Waals surface area contributed by atoms with Gasteiger partial charge in [-0.2, -0.15) is 5.10 Å². The molecular formula is C31H32N8O. The van der Waals surface area contributed by atoms with Gasteiger partial charge in [0, 0.05) is 44.5 Å². The van der Waals surface area contributed by atoms with Crippen LogP contribution in [0.2, 0.25) is 0 Å². The topological polar surface area (TPSA) is 88.5 Å². The maximum Gasteiger partial charge on any atom is 0.143 e. The van der Waals surface area contributed by atoms with Crippen molar-refractivity contribution in [1.29, 1.82) is 0 Å². The molecule has 9 nitrogen and oxygen atoms in total. The molecule has 1 atom stereocenters. The van der Waals surface area contributed by atoms with E-state index in [9.17, 15) is 0 Å². The Bertz CT molecular complexity index is 1700. The summed E-state index contributed by atoms with van der Waals surface area (Å²) >= 11 is 0. The molecule has 0 unspecified atom stereocenters. The molecule has 0 spiro atoms. The Balaban J connectivity index is 1.56. The molecule has 1 saturated heterocycles. The smallest absolute Gasteiger partial charge is 0.143 e. The van der Waals surface area contributed by atoms with Crippen LogP contribution in [-0.4, -0.2) is 52.5 Å². The number of nitrogens with zero attached hydrogens (tertiary/aromatic N) is 8. The predicted octanol–water partition coefficient (Wildman–Crippen LogP) is 5.41. The van der Waals surface area contributed by atoms with E-state index in [1.807, 2.05) is 42.8 Å². The fourth-order valence-electron chi connectivity index (χ4n) is 6.40. The Kier molecular flexibility index (Phi) is 5.96. The van der Waals surface area contributed by atoms with E-state index >= 15 is 0 Å². The number of hydrogen-bond acceptors (Lipinski definition) is 6. The molecule has 1 aliphatic heterocycles. The molecule has 0 amide bonds. The van der Waals surface area contributed by atoms with E-state index in [0.29, 0.717) is 5.92 Å². The number of fused-ring (bicyclic) bond motifs is 3. The lowest BCUT2D eigenvalue weighted by Crippen LogP contribution is -2.27. The summed E-state index contributed by atoms with van der Waals surface area (Å²) in [5.74, 6) is 0.391. The maximum absolute atomic E-state index is 5.80. The number of aryl methyl sites for hydroxylation is 4. The van der Waals surface area contributed by atoms with Gasteiger partial charge in [-0.1, -0.05) is 35.5 Å². The summed E-state index contributed by atoms with van der Waals surface area (Å²) in [6.07, 6.45) is 5.80. The second-order valence-corrected chi connectivity index (χ2v) is 10.8. The van der Waals surface area contributed by atoms with E-state index in [2.05, 4.69) is 75.4 Å². The lowest BCUT2D eigenvalue weighted by molar-refractivity contribution is 0.0552. The number of pyridine rings is 2. The molecule has 6 aromatic rings. The molecule has 0 saturated carbocycles. The van der Waals surface area contributed by atoms with Crippen molar-refractivity contribution in [2.45, 2.75) is 32.7 Å². The van der Waals surface area contributed by atoms with Crippen LogP contribution >= 0.6 is 0 Å². The Labute approximate surface area is 232 Å². The summed E-state index contributed by atoms with van der Waals surface area (Å²) in [5, 5.41) is 14.1. The minimum atomic E-state index is 0.0725. The van der Waals surface area contributed by atoms with Crippen molar-refractivity contribution in [3.8, 4) is 22.6 Å². The van der Waals surface area contributed by atoms with Gasteiger partial charge in [0.05, 0.1) is 46.0 Å². The first-order chi connectivity index (χ1) is 19.5. The van der Waals surface area contributed by atoms with Crippen molar-refractivity contribution < 1.29 is 4.74 Å². The van der Waals surface area contributed by atoms with Crippen LogP contribution in [0.1, 0.15) is 35.7 Å². The first-order valence-electron chi connectivity index (χ1n) is 13.8. The van der Waals surface area contributed by atoms with Crippen LogP contribution in [0, 0.1) is 19.8 Å². The Hall–Kier alpha value is -4.37. The highest BCUT2D eigenvalue weighted by Crippen LogP contribution is 2.41. The monoisotopic (exact) mass is 532 g/mol. The van der Waals surface area contributed by atoms with Gasteiger partial charge in [0.2, 0.25) is 0 Å². The van der Waals surface area contributed by atoms with Gasteiger partial charge >= 0.3 is 0 Å². The van der Waals surface area contributed by atoms with Gasteiger partial charge in [0.25, 0.3) is 0 Å². The zero-order chi connectivity index (χ0) is 27.4. The summed E-state index contributed by atoms with van der Waals surface area (Å²) in [6.45, 7) is 5.60. The van der Waals surface area contributed by atoms with Gasteiger partial charge in [0.15, 0.2) is 0 Å². The summed E-state index contributed by atoms with van der Waals surface area (Å²) in [6, 6.07) is 17.4. The second kappa shape index (κ2) is 9.67. The Morgan fingerprint density at radius 1 is 0.925 bits per heavy atom. The van der Waals surface area contributed by atoms with Crippen molar-refractivity contribution in [3.63, 3.8) is 0 Å². The van der Waals surface area contributed by atoms with Crippen LogP contribution in [0.4, 0.5) is 0 Å². The predicted molar refractivity (Wildman–Crippen MR) is 155 cm³/mol. The summed E-state index contributed by atoms with van der Waals surface area (Å²) < 4.78 is 12.0. The van der Waals surface area contributed by atoms with Crippen LogP contribution in [0.15, 0.2) is 60.9 Å². The van der Waals surface area contributed by atoms with Gasteiger partial charge in [0.1, 0.15) is 5.65 Å². The largest absolute Gasteiger partial charge is 0.381 e. The van der Waals surface area contributed by atoms with Crippen molar-refractivity contribution >= 4 is 22.1 Å². The fraction of sp³-hybridized carbons (Fsp3) is 0.323. The quantitative estimate of drug-likeness (QED) is 0.295. The number of aromatic nitrogens is 8. The number of ether oxygens (including phenoxy) is 1. The number of rotatable bonds is 5. The summed E-state index contributed by atoms with van der Waals surface area (Å²) in [7, 11) is 3.89. The average molecular weight is 533 g/mol. The van der Waals surface area contributed by atoms with Crippen LogP contribution in [0.25, 0.3) is 44.7 Å². The lowest BCUT2D eigenvalue weighted by atomic mass is 9.86. The molecule has 7 rings (SSSR count). The molecule has 202 valence electrons. The molecule has 6 heterocycles. The van der Waals surface area contributed by atoms with Crippen molar-refractivity contribution in [3.05, 3.63) is 77.7 Å². The fourth-order valence-corrected chi connectivity index (χ4v) is 6.40. The number of hydrogen-bond donors (Lipinski definition) is 0. The standard InChI is InChI=1S/C31H32N8O/c1-19-17-33-37(3)28(19)25-11-10-24-27-26(16-23(18-32-27)29-20(2)35-36-38(29)4)39(31(24)34-25)30(21-8-6-5-7-9-21)22-12-14-40-15-13-22/h5-11,16-18,22,30H,12-15H2,1-4H3/t30-/m1/s1. The first-order valence-corrected chi connectivity index (χ1v) is 13.8. The van der Waals surface area contributed by atoms with Gasteiger partial charge < -0.3 is 9.30 Å². The van der Waals surface area contributed by atoms with Crippen molar-refractivity contribution in [2.24, 2.45) is 20.0 Å². The second-order valence-electron chi connectivity index (χ2n) is 10.8. The highest BCUT2D eigenvalue weighted by atomic mass is 16.5. The highest BCUT2D eigenvalue weighted by molar-refractivity contribution is 6.06. The lowest BCUT2D eigenvalue weighted by Gasteiger charge is -2.32. The van der Waals surface area contributed by atoms with E-state index in [4.69, 9.17) is 14.7 Å². The summed E-state index contributed by atoms with van der Waals surface area (Å²) in [4.78, 5) is 10.4. The molecule has 0 bridgehead atoms. The van der Waals surface area contributed by atoms with Gasteiger partial charge in [-0.25, -0.2) is 9.67 Å². The van der Waals surface area contributed by atoms with E-state index in [1.54, 1.807) is 0 Å². The molecule has 40 heavy (non-hydrogen) atoms. The normalized spacial score (nSPS) is 15.3. The zero-order valence-corrected chi connectivity index (χ0v) is 23.2. The summed E-state index contributed by atoms with van der Waals surface area (Å²) in [5.41, 5.74) is 10.0. The minimum Gasteiger partial charge on any atom is -0.381 e. The van der Waals surface area contributed by atoms with E-state index in [1.165, 1.54) is 5.56 Å². The molecule has 1 fully saturated rings. The molecule has 1 aromatic carbocycles. The van der Waals surface area contributed by atoms with E-state index < -0.39 is 0 Å². The molecule has 5 aromatic heterocycles. The van der Waals surface area contributed by atoms with Crippen molar-refractivity contribution in [1.82, 2.24) is 39.3 Å². The van der Waals surface area contributed by atoms with Gasteiger partial charge in [-0.15, -0.1) is 5.10 Å². The first kappa shape index (κ1) is 24.7. The molecule has 0 radical (unpaired) electrons. The minimum absolute atomic E-state index is 0.0725. The third-order valence-corrected chi connectivity index (χ3v) is 8.25. The van der Waals surface area contributed by atoms with Crippen molar-refractivity contribution in [2.75, 3.05) is 13.2 Å². The SMILES string of the molecule is Cc1cnn(C)c1-c1ccc2c3ncc(-c4c(C)nnn4C)cc3n([C@H](c3ccccc3)C3CCOCC3)c2n1. The number of benzene rings is 1. The highest BCUT2D eigenvalue weighted by Gasteiger charge is 2.31. The molecular weight excluding hydrogens is 500 g/mol. The van der Waals surface area contributed by atoms with Crippen LogP contribution < -0.4 is 0 Å². The molecule has 1 aliphatic rings. The third-order valence-electron chi connectivity index (χ3n) is 8.25. The Morgan fingerprint density at radius 3 is 2.42 bits per heavy atom. The van der Waals surface area contributed by atoms with Gasteiger partial charge in [-0.3, -0.25) is 9.67 Å². The molecule has 0 N–H and O–H groups in total. The molecule has 9 heteroatoms. The van der Waals surface area contributed by atoms with E-state index in [-0.39, 0.29) is 6.04 Å². The van der Waals surface area contributed by atoms with Gasteiger partial charge in [-0.05, 0) is 61.9 Å². The zero-order valence-electron chi connectivity index (χ0n) is 23.2. The van der Waals surface area contributed by atoms with Crippen LogP contribution in [0.5, 0.6) is 0 Å². The Morgan fingerprint density at radius 2 is 1.73 bits per heavy atom.